The van der Waals surface area contributed by atoms with E-state index in [-0.39, 0.29) is 8.16 Å². The van der Waals surface area contributed by atoms with Gasteiger partial charge in [-0.05, 0) is 70.9 Å². The maximum atomic E-state index is 2.28. The molecule has 4 aromatic rings. The molecule has 2 fully saturated rings. The van der Waals surface area contributed by atoms with Crippen LogP contribution in [0.3, 0.4) is 0 Å². The zero-order valence-corrected chi connectivity index (χ0v) is 25.1. The summed E-state index contributed by atoms with van der Waals surface area (Å²) in [5.74, 6) is 4.99. The molecule has 6 rings (SSSR count). The number of benzene rings is 4. The van der Waals surface area contributed by atoms with E-state index >= 15 is 0 Å². The van der Waals surface area contributed by atoms with Crippen molar-refractivity contribution in [3.63, 3.8) is 0 Å². The predicted octanol–water partition coefficient (Wildman–Crippen LogP) is 10.3. The second-order valence-electron chi connectivity index (χ2n) is 9.51. The number of thioether (sulfide) groups is 4. The molecule has 0 spiro atoms. The van der Waals surface area contributed by atoms with Crippen LogP contribution in [0.4, 0.5) is 0 Å². The molecule has 0 aliphatic carbocycles. The van der Waals surface area contributed by atoms with Gasteiger partial charge in [0.15, 0.2) is 0 Å². The van der Waals surface area contributed by atoms with E-state index in [2.05, 4.69) is 168 Å². The minimum absolute atomic E-state index is 0.0824. The van der Waals surface area contributed by atoms with Crippen molar-refractivity contribution >= 4 is 47.0 Å². The second kappa shape index (κ2) is 14.1. The Balaban J connectivity index is 0.000000155. The van der Waals surface area contributed by atoms with Crippen LogP contribution in [0.2, 0.25) is 0 Å². The van der Waals surface area contributed by atoms with Gasteiger partial charge < -0.3 is 0 Å². The highest BCUT2D eigenvalue weighted by Gasteiger charge is 2.37. The minimum Gasteiger partial charge on any atom is -0.135 e. The molecule has 196 valence electrons. The second-order valence-corrected chi connectivity index (χ2v) is 15.3. The highest BCUT2D eigenvalue weighted by molar-refractivity contribution is 8.18. The molecule has 0 atom stereocenters. The highest BCUT2D eigenvalue weighted by Crippen LogP contribution is 2.54. The fraction of sp³-hybridized carbons (Fsp3) is 0.294. The lowest BCUT2D eigenvalue weighted by Gasteiger charge is -2.32. The van der Waals surface area contributed by atoms with E-state index in [4.69, 9.17) is 0 Å². The Morgan fingerprint density at radius 1 is 0.316 bits per heavy atom. The average molecular weight is 573 g/mol. The highest BCUT2D eigenvalue weighted by atomic mass is 32.2. The van der Waals surface area contributed by atoms with Crippen LogP contribution < -0.4 is 0 Å². The van der Waals surface area contributed by atoms with E-state index in [0.29, 0.717) is 0 Å². The van der Waals surface area contributed by atoms with Crippen LogP contribution in [0, 0.1) is 0 Å². The molecule has 0 radical (unpaired) electrons. The molecule has 0 unspecified atom stereocenters. The molecule has 0 bridgehead atoms. The number of rotatable bonds is 4. The molecule has 2 aliphatic rings. The Hall–Kier alpha value is -1.72. The molecule has 0 amide bonds. The summed E-state index contributed by atoms with van der Waals surface area (Å²) < 4.78 is 0.165. The molecule has 0 aromatic heterocycles. The van der Waals surface area contributed by atoms with E-state index in [1.165, 1.54) is 70.9 Å². The van der Waals surface area contributed by atoms with Crippen LogP contribution in [-0.4, -0.2) is 23.0 Å². The van der Waals surface area contributed by atoms with Gasteiger partial charge in [0.1, 0.15) is 8.16 Å². The van der Waals surface area contributed by atoms with Crippen LogP contribution in [-0.2, 0) is 8.16 Å². The van der Waals surface area contributed by atoms with Crippen molar-refractivity contribution in [1.82, 2.24) is 0 Å². The van der Waals surface area contributed by atoms with Gasteiger partial charge in [-0.25, -0.2) is 0 Å². The lowest BCUT2D eigenvalue weighted by Crippen LogP contribution is -2.19. The molecule has 4 aromatic carbocycles. The van der Waals surface area contributed by atoms with Gasteiger partial charge in [-0.15, -0.1) is 47.0 Å². The van der Waals surface area contributed by atoms with Crippen molar-refractivity contribution in [1.29, 1.82) is 0 Å². The third kappa shape index (κ3) is 6.53. The van der Waals surface area contributed by atoms with Gasteiger partial charge in [0, 0.05) is 0 Å². The fourth-order valence-electron chi connectivity index (χ4n) is 4.99. The van der Waals surface area contributed by atoms with Crippen molar-refractivity contribution in [2.45, 2.75) is 33.8 Å². The molecule has 0 saturated carbocycles. The lowest BCUT2D eigenvalue weighted by molar-refractivity contribution is 0.912. The summed E-state index contributed by atoms with van der Waals surface area (Å²) in [5, 5.41) is 0. The van der Waals surface area contributed by atoms with E-state index in [1.54, 1.807) is 0 Å². The van der Waals surface area contributed by atoms with E-state index in [1.807, 2.05) is 0 Å². The van der Waals surface area contributed by atoms with Gasteiger partial charge in [0.2, 0.25) is 0 Å². The van der Waals surface area contributed by atoms with Crippen LogP contribution >= 0.6 is 47.0 Å². The maximum absolute atomic E-state index is 2.28. The Morgan fingerprint density at radius 3 is 0.737 bits per heavy atom. The third-order valence-electron chi connectivity index (χ3n) is 6.91. The van der Waals surface area contributed by atoms with Gasteiger partial charge in [-0.1, -0.05) is 121 Å². The summed E-state index contributed by atoms with van der Waals surface area (Å²) in [7, 11) is 0. The van der Waals surface area contributed by atoms with Gasteiger partial charge in [0.05, 0.1) is 0 Å². The largest absolute Gasteiger partial charge is 0.135 e. The van der Waals surface area contributed by atoms with Crippen LogP contribution in [0.15, 0.2) is 121 Å². The lowest BCUT2D eigenvalue weighted by atomic mass is 10.0. The first-order chi connectivity index (χ1) is 18.8. The standard InChI is InChI=1S/2C17H18S2/c2*1-3-9-15(10-4-1)17(16-11-5-2-6-12-16)18-13-7-8-14-19-17/h2*1-6,9-12H,7-8,13-14H2. The summed E-state index contributed by atoms with van der Waals surface area (Å²) in [6.45, 7) is 0. The van der Waals surface area contributed by atoms with Gasteiger partial charge >= 0.3 is 0 Å². The third-order valence-corrected chi connectivity index (χ3v) is 13.8. The quantitative estimate of drug-likeness (QED) is 0.238. The first-order valence-electron chi connectivity index (χ1n) is 13.6. The molecule has 0 N–H and O–H groups in total. The summed E-state index contributed by atoms with van der Waals surface area (Å²) >= 11 is 8.40. The summed E-state index contributed by atoms with van der Waals surface area (Å²) in [5.41, 5.74) is 5.72. The first-order valence-corrected chi connectivity index (χ1v) is 17.6. The van der Waals surface area contributed by atoms with E-state index in [9.17, 15) is 0 Å². The zero-order chi connectivity index (χ0) is 25.9. The summed E-state index contributed by atoms with van der Waals surface area (Å²) in [4.78, 5) is 0. The first kappa shape index (κ1) is 27.8. The summed E-state index contributed by atoms with van der Waals surface area (Å²) in [6.07, 6.45) is 5.33. The predicted molar refractivity (Wildman–Crippen MR) is 176 cm³/mol. The Bertz CT molecular complexity index is 1010. The fourth-order valence-corrected chi connectivity index (χ4v) is 11.6. The Kier molecular flexibility index (Phi) is 10.3. The van der Waals surface area contributed by atoms with E-state index in [0.717, 1.165) is 0 Å². The topological polar surface area (TPSA) is 0 Å². The minimum atomic E-state index is 0.0824. The number of hydrogen-bond acceptors (Lipinski definition) is 4. The van der Waals surface area contributed by atoms with E-state index < -0.39 is 0 Å². The van der Waals surface area contributed by atoms with Gasteiger partial charge in [-0.3, -0.25) is 0 Å². The molecule has 0 nitrogen and oxygen atoms in total. The van der Waals surface area contributed by atoms with Crippen molar-refractivity contribution in [3.05, 3.63) is 144 Å². The molecule has 2 saturated heterocycles. The Labute approximate surface area is 246 Å². The van der Waals surface area contributed by atoms with Crippen LogP contribution in [0.1, 0.15) is 47.9 Å². The molecular formula is C34H36S4. The van der Waals surface area contributed by atoms with Crippen LogP contribution in [0.25, 0.3) is 0 Å². The molecular weight excluding hydrogens is 537 g/mol. The molecule has 2 heterocycles. The normalized spacial score (nSPS) is 18.7. The Morgan fingerprint density at radius 2 is 0.526 bits per heavy atom. The summed E-state index contributed by atoms with van der Waals surface area (Å²) in [6, 6.07) is 43.9. The van der Waals surface area contributed by atoms with Gasteiger partial charge in [0.25, 0.3) is 0 Å². The van der Waals surface area contributed by atoms with Crippen LogP contribution in [0.5, 0.6) is 0 Å². The molecule has 2 aliphatic heterocycles. The molecule has 38 heavy (non-hydrogen) atoms. The monoisotopic (exact) mass is 572 g/mol. The number of hydrogen-bond donors (Lipinski definition) is 0. The van der Waals surface area contributed by atoms with Crippen molar-refractivity contribution in [2.75, 3.05) is 23.0 Å². The average Bonchev–Trinajstić information content (AvgIpc) is 3.42. The van der Waals surface area contributed by atoms with Crippen molar-refractivity contribution in [2.24, 2.45) is 0 Å². The zero-order valence-electron chi connectivity index (χ0n) is 21.8. The molecule has 4 heteroatoms. The maximum Gasteiger partial charge on any atom is 0.111 e. The van der Waals surface area contributed by atoms with Gasteiger partial charge in [-0.2, -0.15) is 0 Å². The van der Waals surface area contributed by atoms with Crippen molar-refractivity contribution in [3.8, 4) is 0 Å². The smallest absolute Gasteiger partial charge is 0.111 e. The SMILES string of the molecule is c1ccc(C2(c3ccccc3)SCCCCS2)cc1.c1ccc(C2(c3ccccc3)SCCCCS2)cc1. The van der Waals surface area contributed by atoms with Crippen molar-refractivity contribution < 1.29 is 0 Å².